The summed E-state index contributed by atoms with van der Waals surface area (Å²) in [5.41, 5.74) is 0. The molecule has 0 aliphatic rings. The van der Waals surface area contributed by atoms with Crippen LogP contribution in [0.25, 0.3) is 0 Å². The van der Waals surface area contributed by atoms with Crippen molar-refractivity contribution in [2.24, 2.45) is 0 Å². The molecule has 0 saturated heterocycles. The third kappa shape index (κ3) is 5.34. The second-order valence-corrected chi connectivity index (χ2v) is 40.3. The van der Waals surface area contributed by atoms with E-state index in [4.69, 9.17) is 0 Å². The van der Waals surface area contributed by atoms with Crippen LogP contribution in [0.4, 0.5) is 0 Å². The predicted molar refractivity (Wildman–Crippen MR) is 108 cm³/mol. The summed E-state index contributed by atoms with van der Waals surface area (Å²) in [4.78, 5) is 16.9. The molecule has 0 nitrogen and oxygen atoms in total. The molecule has 4 heteroatoms. The molecular weight excluding hydrogens is 518 g/mol. The molecule has 0 aromatic carbocycles. The van der Waals surface area contributed by atoms with E-state index in [1.807, 2.05) is 22.7 Å². The van der Waals surface area contributed by atoms with Crippen LogP contribution in [0.5, 0.6) is 0 Å². The summed E-state index contributed by atoms with van der Waals surface area (Å²) in [6, 6.07) is 8.82. The Morgan fingerprint density at radius 1 is 0.636 bits per heavy atom. The zero-order valence-corrected chi connectivity index (χ0v) is 21.5. The Kier molecular flexibility index (Phi) is 6.16. The van der Waals surface area contributed by atoms with Gasteiger partial charge in [0.2, 0.25) is 0 Å². The van der Waals surface area contributed by atoms with Gasteiger partial charge in [-0.25, -0.2) is 0 Å². The van der Waals surface area contributed by atoms with Crippen molar-refractivity contribution in [3.05, 3.63) is 34.0 Å². The second kappa shape index (κ2) is 7.34. The van der Waals surface area contributed by atoms with E-state index in [1.54, 1.807) is 5.79 Å². The maximum absolute atomic E-state index is 3.19. The Bertz CT molecular complexity index is 707. The number of rotatable bonds is 2. The van der Waals surface area contributed by atoms with Crippen LogP contribution >= 0.6 is 22.7 Å². The summed E-state index contributed by atoms with van der Waals surface area (Å²) < 4.78 is 3.15. The predicted octanol–water partition coefficient (Wildman–Crippen LogP) is 4.30. The van der Waals surface area contributed by atoms with Crippen molar-refractivity contribution >= 4 is 65.2 Å². The van der Waals surface area contributed by atoms with Gasteiger partial charge in [-0.3, -0.25) is 0 Å². The summed E-state index contributed by atoms with van der Waals surface area (Å²) >= 11 is -0.135. The molecule has 114 valence electrons. The molecular formula is C18H22S2Sn2. The van der Waals surface area contributed by atoms with Gasteiger partial charge in [-0.1, -0.05) is 0 Å². The molecule has 0 aliphatic heterocycles. The van der Waals surface area contributed by atoms with Crippen LogP contribution in [0.3, 0.4) is 0 Å². The van der Waals surface area contributed by atoms with Gasteiger partial charge in [0.05, 0.1) is 0 Å². The molecule has 0 amide bonds. The first-order valence-electron chi connectivity index (χ1n) is 7.39. The Hall–Kier alpha value is 0.117. The van der Waals surface area contributed by atoms with E-state index in [1.165, 1.54) is 0 Å². The van der Waals surface area contributed by atoms with Gasteiger partial charge < -0.3 is 0 Å². The Balaban J connectivity index is 2.09. The minimum atomic E-state index is -1.92. The monoisotopic (exact) mass is 542 g/mol. The zero-order chi connectivity index (χ0) is 16.4. The summed E-state index contributed by atoms with van der Waals surface area (Å²) in [5, 5.41) is 0. The summed E-state index contributed by atoms with van der Waals surface area (Å²) in [6.07, 6.45) is 0. The van der Waals surface area contributed by atoms with Gasteiger partial charge in [0.25, 0.3) is 0 Å². The van der Waals surface area contributed by atoms with Gasteiger partial charge in [-0.15, -0.1) is 0 Å². The summed E-state index contributed by atoms with van der Waals surface area (Å²) in [6.45, 7) is 0. The van der Waals surface area contributed by atoms with E-state index >= 15 is 0 Å². The van der Waals surface area contributed by atoms with Crippen molar-refractivity contribution in [3.8, 4) is 23.7 Å². The molecule has 2 aromatic heterocycles. The van der Waals surface area contributed by atoms with Crippen molar-refractivity contribution in [2.75, 3.05) is 0 Å². The van der Waals surface area contributed by atoms with Crippen molar-refractivity contribution in [2.45, 2.75) is 29.6 Å². The maximum atomic E-state index is 3.19. The van der Waals surface area contributed by atoms with Crippen LogP contribution in [0, 0.1) is 23.7 Å². The quantitative estimate of drug-likeness (QED) is 0.394. The van der Waals surface area contributed by atoms with E-state index in [0.29, 0.717) is 0 Å². The number of hydrogen-bond acceptors (Lipinski definition) is 2. The molecule has 0 atom stereocenters. The third-order valence-electron chi connectivity index (χ3n) is 3.12. The van der Waals surface area contributed by atoms with E-state index in [2.05, 4.69) is 77.6 Å². The number of hydrogen-bond donors (Lipinski definition) is 0. The molecule has 0 aliphatic carbocycles. The summed E-state index contributed by atoms with van der Waals surface area (Å²) in [5.74, 6) is 12.4. The SMILES string of the molecule is [CH3][Sn]([CH3])([CH3])[c]1ccc(C#CC#Cc2cc[c]([Sn]([CH3])([CH3])[CH3])s2)s1. The van der Waals surface area contributed by atoms with Crippen LogP contribution in [0.2, 0.25) is 29.6 Å². The van der Waals surface area contributed by atoms with Gasteiger partial charge in [-0.05, 0) is 0 Å². The molecule has 0 N–H and O–H groups in total. The first kappa shape index (κ1) is 18.5. The standard InChI is InChI=1S/C12H4S2.6CH3.2Sn/c1(5-11-7-3-9-13-11)2-6-12-8-4-10-14-12;;;;;;;;/h3-4,7-8H;6*1H3;;. The van der Waals surface area contributed by atoms with Gasteiger partial charge >= 0.3 is 153 Å². The molecule has 22 heavy (non-hydrogen) atoms. The molecule has 2 rings (SSSR count). The molecule has 0 saturated carbocycles. The third-order valence-corrected chi connectivity index (χ3v) is 24.1. The van der Waals surface area contributed by atoms with E-state index < -0.39 is 36.8 Å². The molecule has 0 spiro atoms. The Morgan fingerprint density at radius 3 is 1.27 bits per heavy atom. The average molecular weight is 540 g/mol. The fourth-order valence-corrected chi connectivity index (χ4v) is 14.1. The van der Waals surface area contributed by atoms with Gasteiger partial charge in [0.15, 0.2) is 0 Å². The van der Waals surface area contributed by atoms with E-state index in [0.717, 1.165) is 9.75 Å². The number of thiophene rings is 2. The minimum absolute atomic E-state index is 1.15. The molecule has 2 heterocycles. The molecule has 0 bridgehead atoms. The fraction of sp³-hybridized carbons (Fsp3) is 0.333. The molecule has 0 unspecified atom stereocenters. The summed E-state index contributed by atoms with van der Waals surface area (Å²) in [7, 11) is 0. The van der Waals surface area contributed by atoms with Gasteiger partial charge in [0.1, 0.15) is 0 Å². The fourth-order valence-electron chi connectivity index (χ4n) is 1.80. The zero-order valence-electron chi connectivity index (χ0n) is 14.1. The Morgan fingerprint density at radius 2 is 1.00 bits per heavy atom. The van der Waals surface area contributed by atoms with Crippen LogP contribution in [-0.2, 0) is 0 Å². The second-order valence-electron chi connectivity index (χ2n) is 7.33. The van der Waals surface area contributed by atoms with Crippen LogP contribution in [0.15, 0.2) is 24.3 Å². The van der Waals surface area contributed by atoms with Crippen LogP contribution in [-0.4, -0.2) is 36.8 Å². The van der Waals surface area contributed by atoms with Crippen LogP contribution < -0.4 is 5.79 Å². The van der Waals surface area contributed by atoms with Crippen molar-refractivity contribution in [1.82, 2.24) is 0 Å². The van der Waals surface area contributed by atoms with E-state index in [-0.39, 0.29) is 0 Å². The average Bonchev–Trinajstić information content (AvgIpc) is 3.02. The molecule has 0 radical (unpaired) electrons. The first-order valence-corrected chi connectivity index (χ1v) is 29.0. The van der Waals surface area contributed by atoms with Crippen molar-refractivity contribution < 1.29 is 0 Å². The topological polar surface area (TPSA) is 0 Å². The van der Waals surface area contributed by atoms with Gasteiger partial charge in [0, 0.05) is 0 Å². The van der Waals surface area contributed by atoms with E-state index in [9.17, 15) is 0 Å². The van der Waals surface area contributed by atoms with Crippen molar-refractivity contribution in [3.63, 3.8) is 0 Å². The first-order chi connectivity index (χ1) is 10.2. The van der Waals surface area contributed by atoms with Gasteiger partial charge in [-0.2, -0.15) is 0 Å². The van der Waals surface area contributed by atoms with Crippen LogP contribution in [0.1, 0.15) is 9.75 Å². The normalized spacial score (nSPS) is 11.4. The van der Waals surface area contributed by atoms with Crippen molar-refractivity contribution in [1.29, 1.82) is 0 Å². The Labute approximate surface area is 151 Å². The molecule has 0 fully saturated rings. The molecule has 2 aromatic rings.